The van der Waals surface area contributed by atoms with E-state index in [-0.39, 0.29) is 5.69 Å². The van der Waals surface area contributed by atoms with Gasteiger partial charge in [-0.25, -0.2) is 0 Å². The normalized spacial score (nSPS) is 12.0. The second-order valence-corrected chi connectivity index (χ2v) is 2.21. The second kappa shape index (κ2) is 2.04. The van der Waals surface area contributed by atoms with E-state index in [2.05, 4.69) is 9.68 Å². The van der Waals surface area contributed by atoms with Crippen LogP contribution in [0.4, 0.5) is 8.78 Å². The van der Waals surface area contributed by atoms with Gasteiger partial charge in [-0.05, 0) is 6.92 Å². The predicted molar refractivity (Wildman–Crippen MR) is 30.8 cm³/mol. The average Bonchev–Trinajstić information content (AvgIpc) is 2.11. The minimum atomic E-state index is -2.89. The number of aromatic nitrogens is 1. The van der Waals surface area contributed by atoms with Crippen LogP contribution < -0.4 is 0 Å². The van der Waals surface area contributed by atoms with Crippen LogP contribution in [-0.2, 0) is 5.92 Å². The molecule has 0 aliphatic rings. The van der Waals surface area contributed by atoms with Gasteiger partial charge in [-0.15, -0.1) is 0 Å². The summed E-state index contributed by atoms with van der Waals surface area (Å²) >= 11 is 0. The lowest BCUT2D eigenvalue weighted by Gasteiger charge is -2.02. The van der Waals surface area contributed by atoms with Crippen molar-refractivity contribution in [3.63, 3.8) is 0 Å². The Morgan fingerprint density at radius 2 is 2.20 bits per heavy atom. The van der Waals surface area contributed by atoms with E-state index in [9.17, 15) is 8.78 Å². The molecular weight excluding hydrogens is 140 g/mol. The van der Waals surface area contributed by atoms with Crippen LogP contribution in [-0.4, -0.2) is 5.16 Å². The van der Waals surface area contributed by atoms with E-state index in [4.69, 9.17) is 0 Å². The van der Waals surface area contributed by atoms with Crippen LogP contribution in [0, 0.1) is 6.92 Å². The molecule has 0 radical (unpaired) electrons. The summed E-state index contributed by atoms with van der Waals surface area (Å²) in [6.45, 7) is 2.35. The van der Waals surface area contributed by atoms with Crippen LogP contribution in [0.25, 0.3) is 0 Å². The van der Waals surface area contributed by atoms with Crippen molar-refractivity contribution in [1.29, 1.82) is 0 Å². The molecule has 1 aromatic heterocycles. The molecule has 1 aromatic rings. The Labute approximate surface area is 56.8 Å². The summed E-state index contributed by atoms with van der Waals surface area (Å²) in [6.07, 6.45) is 0. The van der Waals surface area contributed by atoms with Gasteiger partial charge >= 0.3 is 0 Å². The number of alkyl halides is 2. The van der Waals surface area contributed by atoms with Gasteiger partial charge in [-0.2, -0.15) is 8.78 Å². The fourth-order valence-corrected chi connectivity index (χ4v) is 0.573. The van der Waals surface area contributed by atoms with Gasteiger partial charge < -0.3 is 4.52 Å². The van der Waals surface area contributed by atoms with Gasteiger partial charge in [0.1, 0.15) is 5.76 Å². The second-order valence-electron chi connectivity index (χ2n) is 2.21. The Bertz CT molecular complexity index is 226. The first kappa shape index (κ1) is 7.18. The molecule has 0 aliphatic heterocycles. The van der Waals surface area contributed by atoms with E-state index in [0.29, 0.717) is 5.76 Å². The summed E-state index contributed by atoms with van der Waals surface area (Å²) in [4.78, 5) is 0. The lowest BCUT2D eigenvalue weighted by Crippen LogP contribution is -2.06. The molecule has 0 saturated heterocycles. The summed E-state index contributed by atoms with van der Waals surface area (Å²) in [7, 11) is 0. The summed E-state index contributed by atoms with van der Waals surface area (Å²) in [5, 5.41) is 3.16. The average molecular weight is 147 g/mol. The van der Waals surface area contributed by atoms with Crippen molar-refractivity contribution in [2.24, 2.45) is 0 Å². The first-order valence-corrected chi connectivity index (χ1v) is 2.82. The van der Waals surface area contributed by atoms with Crippen molar-refractivity contribution in [3.05, 3.63) is 17.5 Å². The predicted octanol–water partition coefficient (Wildman–Crippen LogP) is 2.09. The van der Waals surface area contributed by atoms with Crippen molar-refractivity contribution in [2.75, 3.05) is 0 Å². The van der Waals surface area contributed by atoms with Crippen LogP contribution in [0.2, 0.25) is 0 Å². The number of aryl methyl sites for hydroxylation is 1. The molecule has 0 aromatic carbocycles. The van der Waals surface area contributed by atoms with Crippen molar-refractivity contribution >= 4 is 0 Å². The van der Waals surface area contributed by atoms with Crippen molar-refractivity contribution in [1.82, 2.24) is 5.16 Å². The van der Waals surface area contributed by atoms with Gasteiger partial charge in [0.15, 0.2) is 5.69 Å². The van der Waals surface area contributed by atoms with Gasteiger partial charge in [0.25, 0.3) is 5.92 Å². The van der Waals surface area contributed by atoms with E-state index < -0.39 is 5.92 Å². The minimum Gasteiger partial charge on any atom is -0.361 e. The Kier molecular flexibility index (Phi) is 1.46. The molecule has 0 amide bonds. The highest BCUT2D eigenvalue weighted by Gasteiger charge is 2.28. The molecule has 0 fully saturated rings. The fraction of sp³-hybridized carbons (Fsp3) is 0.500. The van der Waals surface area contributed by atoms with Gasteiger partial charge in [0.05, 0.1) is 0 Å². The summed E-state index contributed by atoms with van der Waals surface area (Å²) in [6, 6.07) is 1.22. The topological polar surface area (TPSA) is 26.0 Å². The molecule has 0 unspecified atom stereocenters. The summed E-state index contributed by atoms with van der Waals surface area (Å²) in [5.74, 6) is -2.49. The summed E-state index contributed by atoms with van der Waals surface area (Å²) < 4.78 is 29.2. The van der Waals surface area contributed by atoms with Gasteiger partial charge in [0.2, 0.25) is 0 Å². The van der Waals surface area contributed by atoms with E-state index in [1.807, 2.05) is 0 Å². The summed E-state index contributed by atoms with van der Waals surface area (Å²) in [5.41, 5.74) is -0.315. The molecule has 2 nitrogen and oxygen atoms in total. The zero-order valence-corrected chi connectivity index (χ0v) is 5.69. The molecule has 0 atom stereocenters. The van der Waals surface area contributed by atoms with E-state index >= 15 is 0 Å². The lowest BCUT2D eigenvalue weighted by atomic mass is 10.2. The SMILES string of the molecule is Cc1cc(C(C)(F)F)no1. The number of hydrogen-bond donors (Lipinski definition) is 0. The van der Waals surface area contributed by atoms with Crippen LogP contribution in [0.1, 0.15) is 18.4 Å². The van der Waals surface area contributed by atoms with Crippen molar-refractivity contribution < 1.29 is 13.3 Å². The largest absolute Gasteiger partial charge is 0.361 e. The lowest BCUT2D eigenvalue weighted by molar-refractivity contribution is 0.00968. The molecule has 10 heavy (non-hydrogen) atoms. The highest BCUT2D eigenvalue weighted by Crippen LogP contribution is 2.25. The minimum absolute atomic E-state index is 0.315. The highest BCUT2D eigenvalue weighted by atomic mass is 19.3. The third kappa shape index (κ3) is 1.32. The van der Waals surface area contributed by atoms with Crippen LogP contribution in [0.3, 0.4) is 0 Å². The van der Waals surface area contributed by atoms with E-state index in [1.54, 1.807) is 6.92 Å². The number of nitrogens with zero attached hydrogens (tertiary/aromatic N) is 1. The Morgan fingerprint density at radius 1 is 1.60 bits per heavy atom. The van der Waals surface area contributed by atoms with Crippen LogP contribution in [0.15, 0.2) is 10.6 Å². The quantitative estimate of drug-likeness (QED) is 0.607. The van der Waals surface area contributed by atoms with Crippen molar-refractivity contribution in [2.45, 2.75) is 19.8 Å². The molecular formula is C6H7F2NO. The monoisotopic (exact) mass is 147 g/mol. The van der Waals surface area contributed by atoms with Crippen LogP contribution >= 0.6 is 0 Å². The molecule has 0 saturated carbocycles. The van der Waals surface area contributed by atoms with Gasteiger partial charge in [0, 0.05) is 13.0 Å². The maximum Gasteiger partial charge on any atom is 0.290 e. The molecule has 4 heteroatoms. The first-order chi connectivity index (χ1) is 4.50. The zero-order valence-electron chi connectivity index (χ0n) is 5.69. The van der Waals surface area contributed by atoms with Crippen molar-refractivity contribution in [3.8, 4) is 0 Å². The number of halogens is 2. The fourth-order valence-electron chi connectivity index (χ4n) is 0.573. The number of rotatable bonds is 1. The standard InChI is InChI=1S/C6H7F2NO/c1-4-3-5(9-10-4)6(2,7)8/h3H,1-2H3. The van der Waals surface area contributed by atoms with E-state index in [1.165, 1.54) is 6.07 Å². The molecule has 1 rings (SSSR count). The third-order valence-corrected chi connectivity index (χ3v) is 1.08. The third-order valence-electron chi connectivity index (χ3n) is 1.08. The zero-order chi connectivity index (χ0) is 7.78. The Morgan fingerprint density at radius 3 is 2.40 bits per heavy atom. The molecule has 56 valence electrons. The van der Waals surface area contributed by atoms with E-state index in [0.717, 1.165) is 6.92 Å². The molecule has 0 spiro atoms. The first-order valence-electron chi connectivity index (χ1n) is 2.82. The molecule has 0 aliphatic carbocycles. The molecule has 0 bridgehead atoms. The Balaban J connectivity index is 2.96. The number of hydrogen-bond acceptors (Lipinski definition) is 2. The molecule has 1 heterocycles. The van der Waals surface area contributed by atoms with Crippen LogP contribution in [0.5, 0.6) is 0 Å². The molecule has 0 N–H and O–H groups in total. The maximum atomic E-state index is 12.3. The van der Waals surface area contributed by atoms with Gasteiger partial charge in [-0.1, -0.05) is 5.16 Å². The Hall–Kier alpha value is -0.930. The maximum absolute atomic E-state index is 12.3. The smallest absolute Gasteiger partial charge is 0.290 e. The highest BCUT2D eigenvalue weighted by molar-refractivity contribution is 5.08. The van der Waals surface area contributed by atoms with Gasteiger partial charge in [-0.3, -0.25) is 0 Å².